The highest BCUT2D eigenvalue weighted by Crippen LogP contribution is 2.23. The van der Waals surface area contributed by atoms with Gasteiger partial charge in [-0.1, -0.05) is 36.7 Å². The number of amides is 1. The maximum absolute atomic E-state index is 12.6. The Morgan fingerprint density at radius 3 is 2.62 bits per heavy atom. The lowest BCUT2D eigenvalue weighted by molar-refractivity contribution is -0.128. The second kappa shape index (κ2) is 11.8. The van der Waals surface area contributed by atoms with Crippen molar-refractivity contribution in [2.24, 2.45) is 0 Å². The Hall–Kier alpha value is -2.51. The minimum absolute atomic E-state index is 0.0136. The van der Waals surface area contributed by atoms with Crippen LogP contribution < -0.4 is 0 Å². The third-order valence-electron chi connectivity index (χ3n) is 6.45. The molecule has 1 aromatic heterocycles. The summed E-state index contributed by atoms with van der Waals surface area (Å²) in [6.07, 6.45) is 8.58. The summed E-state index contributed by atoms with van der Waals surface area (Å²) in [7, 11) is 0. The molecule has 8 heteroatoms. The molecule has 6 nitrogen and oxygen atoms in total. The highest BCUT2D eigenvalue weighted by atomic mass is 35.5. The molecule has 2 aromatic rings. The first kappa shape index (κ1) is 26.1. The van der Waals surface area contributed by atoms with Crippen LogP contribution in [0.25, 0.3) is 0 Å². The van der Waals surface area contributed by atoms with Crippen molar-refractivity contribution in [2.75, 3.05) is 19.6 Å². The third-order valence-corrected chi connectivity index (χ3v) is 6.87. The quantitative estimate of drug-likeness (QED) is 0.435. The minimum Gasteiger partial charge on any atom is -0.330 e. The Labute approximate surface area is 206 Å². The average molecular weight is 489 g/mol. The number of hydrogen-bond acceptors (Lipinski definition) is 4. The molecule has 1 amide bonds. The van der Waals surface area contributed by atoms with Crippen LogP contribution in [0.1, 0.15) is 68.5 Å². The van der Waals surface area contributed by atoms with Crippen LogP contribution in [0.2, 0.25) is 5.02 Å². The summed E-state index contributed by atoms with van der Waals surface area (Å²) in [5.41, 5.74) is 1.49. The standard InChI is InChI=1S/C18H26N4O2.C8H8ClF/c1-13(20-8-4-5-9-20)6-7-18(24)21-11-14(2)22-16(15(3)23)10-19-17(22)12-21;1-2-6-4-3-5-7(10)8(6)9/h6-7,10,13-14H,4-5,8-9,11-12H2,1-3H3;3-5H,2H2,1H3/b7-6+;. The van der Waals surface area contributed by atoms with Crippen molar-refractivity contribution < 1.29 is 14.0 Å². The minimum atomic E-state index is -0.332. The number of aromatic nitrogens is 2. The van der Waals surface area contributed by atoms with Crippen LogP contribution in [-0.4, -0.2) is 56.7 Å². The number of imidazole rings is 1. The summed E-state index contributed by atoms with van der Waals surface area (Å²) >= 11 is 5.62. The number of ketones is 1. The summed E-state index contributed by atoms with van der Waals surface area (Å²) in [5, 5.41) is 0.255. The zero-order valence-electron chi connectivity index (χ0n) is 20.4. The van der Waals surface area contributed by atoms with E-state index in [0.717, 1.165) is 30.9 Å². The van der Waals surface area contributed by atoms with Crippen LogP contribution in [0.15, 0.2) is 36.5 Å². The first-order valence-electron chi connectivity index (χ1n) is 11.9. The van der Waals surface area contributed by atoms with Crippen molar-refractivity contribution in [3.05, 3.63) is 64.5 Å². The Morgan fingerprint density at radius 2 is 2.00 bits per heavy atom. The number of hydrogen-bond donors (Lipinski definition) is 0. The molecule has 1 fully saturated rings. The van der Waals surface area contributed by atoms with Gasteiger partial charge in [0.25, 0.3) is 0 Å². The summed E-state index contributed by atoms with van der Waals surface area (Å²) in [6.45, 7) is 11.0. The first-order valence-corrected chi connectivity index (χ1v) is 12.3. The summed E-state index contributed by atoms with van der Waals surface area (Å²) in [5.74, 6) is 0.487. The molecule has 34 heavy (non-hydrogen) atoms. The number of nitrogens with zero attached hydrogens (tertiary/aromatic N) is 4. The third kappa shape index (κ3) is 6.13. The van der Waals surface area contributed by atoms with E-state index in [4.69, 9.17) is 11.6 Å². The Bertz CT molecular complexity index is 1050. The molecule has 0 radical (unpaired) electrons. The number of halogens is 2. The number of Topliss-reactive ketones (excluding diaryl/α,β-unsaturated/α-hetero) is 1. The van der Waals surface area contributed by atoms with Gasteiger partial charge in [-0.05, 0) is 57.8 Å². The molecule has 3 heterocycles. The second-order valence-electron chi connectivity index (χ2n) is 8.96. The van der Waals surface area contributed by atoms with Crippen LogP contribution in [0.5, 0.6) is 0 Å². The van der Waals surface area contributed by atoms with Crippen LogP contribution in [0, 0.1) is 5.82 Å². The molecule has 2 aliphatic heterocycles. The number of rotatable bonds is 5. The van der Waals surface area contributed by atoms with Crippen LogP contribution >= 0.6 is 11.6 Å². The van der Waals surface area contributed by atoms with Crippen molar-refractivity contribution in [1.82, 2.24) is 19.4 Å². The van der Waals surface area contributed by atoms with Gasteiger partial charge in [-0.3, -0.25) is 14.5 Å². The van der Waals surface area contributed by atoms with E-state index in [-0.39, 0.29) is 28.6 Å². The molecular weight excluding hydrogens is 455 g/mol. The van der Waals surface area contributed by atoms with Gasteiger partial charge >= 0.3 is 0 Å². The zero-order valence-corrected chi connectivity index (χ0v) is 21.2. The van der Waals surface area contributed by atoms with Crippen LogP contribution in [-0.2, 0) is 17.8 Å². The highest BCUT2D eigenvalue weighted by molar-refractivity contribution is 6.31. The van der Waals surface area contributed by atoms with Gasteiger partial charge in [-0.2, -0.15) is 0 Å². The fraction of sp³-hybridized carbons (Fsp3) is 0.500. The maximum Gasteiger partial charge on any atom is 0.246 e. The van der Waals surface area contributed by atoms with Crippen LogP contribution in [0.4, 0.5) is 4.39 Å². The predicted octanol–water partition coefficient (Wildman–Crippen LogP) is 5.07. The molecular formula is C26H34ClFN4O2. The van der Waals surface area contributed by atoms with E-state index in [0.29, 0.717) is 24.8 Å². The molecule has 0 bridgehead atoms. The summed E-state index contributed by atoms with van der Waals surface area (Å²) in [4.78, 5) is 32.8. The number of carbonyl (C=O) groups excluding carboxylic acids is 2. The van der Waals surface area contributed by atoms with Gasteiger partial charge in [0.15, 0.2) is 5.78 Å². The molecule has 0 saturated carbocycles. The molecule has 2 aliphatic rings. The van der Waals surface area contributed by atoms with Gasteiger partial charge in [0.1, 0.15) is 17.3 Å². The Morgan fingerprint density at radius 1 is 1.29 bits per heavy atom. The van der Waals surface area contributed by atoms with Gasteiger partial charge in [0, 0.05) is 25.6 Å². The molecule has 4 rings (SSSR count). The van der Waals surface area contributed by atoms with E-state index in [1.807, 2.05) is 35.5 Å². The van der Waals surface area contributed by atoms with E-state index < -0.39 is 0 Å². The predicted molar refractivity (Wildman–Crippen MR) is 133 cm³/mol. The lowest BCUT2D eigenvalue weighted by Gasteiger charge is -2.32. The molecule has 1 aromatic carbocycles. The zero-order chi connectivity index (χ0) is 24.8. The topological polar surface area (TPSA) is 58.4 Å². The summed E-state index contributed by atoms with van der Waals surface area (Å²) in [6, 6.07) is 5.21. The molecule has 1 saturated heterocycles. The number of benzene rings is 1. The molecule has 0 spiro atoms. The lowest BCUT2D eigenvalue weighted by Crippen LogP contribution is -2.40. The second-order valence-corrected chi connectivity index (χ2v) is 9.34. The van der Waals surface area contributed by atoms with Crippen molar-refractivity contribution in [3.63, 3.8) is 0 Å². The Kier molecular flexibility index (Phi) is 9.03. The fourth-order valence-corrected chi connectivity index (χ4v) is 4.75. The molecule has 184 valence electrons. The number of fused-ring (bicyclic) bond motifs is 1. The molecule has 2 atom stereocenters. The van der Waals surface area contributed by atoms with E-state index in [1.54, 1.807) is 25.3 Å². The van der Waals surface area contributed by atoms with Crippen LogP contribution in [0.3, 0.4) is 0 Å². The van der Waals surface area contributed by atoms with E-state index in [1.165, 1.54) is 18.9 Å². The van der Waals surface area contributed by atoms with Crippen molar-refractivity contribution >= 4 is 23.3 Å². The van der Waals surface area contributed by atoms with Gasteiger partial charge in [-0.25, -0.2) is 9.37 Å². The van der Waals surface area contributed by atoms with Crippen molar-refractivity contribution in [2.45, 2.75) is 65.6 Å². The molecule has 0 aliphatic carbocycles. The number of likely N-dealkylation sites (tertiary alicyclic amines) is 1. The van der Waals surface area contributed by atoms with Gasteiger partial charge in [0.05, 0.1) is 23.8 Å². The highest BCUT2D eigenvalue weighted by Gasteiger charge is 2.28. The average Bonchev–Trinajstić information content (AvgIpc) is 3.50. The van der Waals surface area contributed by atoms with Crippen molar-refractivity contribution in [1.29, 1.82) is 0 Å². The number of aryl methyl sites for hydroxylation is 1. The first-order chi connectivity index (χ1) is 16.2. The van der Waals surface area contributed by atoms with E-state index in [2.05, 4.69) is 16.8 Å². The largest absolute Gasteiger partial charge is 0.330 e. The van der Waals surface area contributed by atoms with Gasteiger partial charge in [-0.15, -0.1) is 0 Å². The SMILES string of the molecule is CC(=O)c1cnc2n1C(C)CN(C(=O)/C=C/C(C)N1CCCC1)C2.CCc1cccc(F)c1Cl. The normalized spacial score (nSPS) is 19.0. The van der Waals surface area contributed by atoms with Gasteiger partial charge < -0.3 is 9.47 Å². The smallest absolute Gasteiger partial charge is 0.246 e. The monoisotopic (exact) mass is 488 g/mol. The molecule has 0 N–H and O–H groups in total. The number of carbonyl (C=O) groups is 2. The Balaban J connectivity index is 0.000000271. The summed E-state index contributed by atoms with van der Waals surface area (Å²) < 4.78 is 14.6. The molecule has 2 unspecified atom stereocenters. The van der Waals surface area contributed by atoms with E-state index >= 15 is 0 Å². The fourth-order valence-electron chi connectivity index (χ4n) is 4.49. The lowest BCUT2D eigenvalue weighted by atomic mass is 10.2. The van der Waals surface area contributed by atoms with E-state index in [9.17, 15) is 14.0 Å². The maximum atomic E-state index is 12.6. The van der Waals surface area contributed by atoms with Gasteiger partial charge in [0.2, 0.25) is 5.91 Å². The van der Waals surface area contributed by atoms with Crippen molar-refractivity contribution in [3.8, 4) is 0 Å².